The number of H-pyrrole nitrogens is 1. The number of aromatic nitrogens is 4. The van der Waals surface area contributed by atoms with Crippen molar-refractivity contribution in [2.75, 3.05) is 0 Å². The molecule has 4 rings (SSSR count). The Hall–Kier alpha value is -4.53. The Labute approximate surface area is 170 Å². The molecule has 2 heterocycles. The van der Waals surface area contributed by atoms with E-state index >= 15 is 0 Å². The first kappa shape index (κ1) is 18.8. The number of hydrogen-bond acceptors (Lipinski definition) is 5. The van der Waals surface area contributed by atoms with Gasteiger partial charge in [-0.25, -0.2) is 9.78 Å². The molecule has 0 aliphatic rings. The van der Waals surface area contributed by atoms with Crippen molar-refractivity contribution in [1.82, 2.24) is 30.8 Å². The van der Waals surface area contributed by atoms with E-state index in [9.17, 15) is 14.4 Å². The molecule has 0 unspecified atom stereocenters. The molecule has 3 N–H and O–H groups in total. The number of nitrogens with zero attached hydrogens (tertiary/aromatic N) is 3. The lowest BCUT2D eigenvalue weighted by Crippen LogP contribution is -2.42. The molecule has 0 fully saturated rings. The first-order chi connectivity index (χ1) is 14.6. The van der Waals surface area contributed by atoms with Gasteiger partial charge in [-0.1, -0.05) is 48.5 Å². The van der Waals surface area contributed by atoms with Gasteiger partial charge in [0, 0.05) is 11.6 Å². The molecule has 0 bridgehead atoms. The van der Waals surface area contributed by atoms with Gasteiger partial charge in [-0.3, -0.25) is 25.2 Å². The third-order valence-corrected chi connectivity index (χ3v) is 4.21. The highest BCUT2D eigenvalue weighted by Gasteiger charge is 2.18. The standard InChI is InChI=1S/C21H16N6O3/c28-19-12-11-16(22-23-19)20(29)24-25-21(30)18-13-17(14-7-3-1-4-8-14)26-27(18)15-9-5-2-6-10-15/h1-13H,(H,23,28)(H,24,29)(H,25,30). The van der Waals surface area contributed by atoms with Gasteiger partial charge in [0.25, 0.3) is 17.4 Å². The van der Waals surface area contributed by atoms with Crippen molar-refractivity contribution < 1.29 is 9.59 Å². The number of aromatic amines is 1. The lowest BCUT2D eigenvalue weighted by Gasteiger charge is -2.09. The van der Waals surface area contributed by atoms with Crippen molar-refractivity contribution >= 4 is 11.8 Å². The van der Waals surface area contributed by atoms with Crippen LogP contribution in [0.3, 0.4) is 0 Å². The zero-order chi connectivity index (χ0) is 20.9. The van der Waals surface area contributed by atoms with Gasteiger partial charge >= 0.3 is 0 Å². The molecule has 0 saturated carbocycles. The average Bonchev–Trinajstić information content (AvgIpc) is 3.25. The van der Waals surface area contributed by atoms with Gasteiger partial charge in [0.15, 0.2) is 5.69 Å². The molecule has 9 nitrogen and oxygen atoms in total. The minimum absolute atomic E-state index is 0.0450. The number of nitrogens with one attached hydrogen (secondary N) is 3. The highest BCUT2D eigenvalue weighted by molar-refractivity contribution is 5.98. The van der Waals surface area contributed by atoms with Crippen molar-refractivity contribution in [3.8, 4) is 16.9 Å². The second kappa shape index (κ2) is 8.23. The van der Waals surface area contributed by atoms with Crippen LogP contribution in [0.5, 0.6) is 0 Å². The third kappa shape index (κ3) is 3.99. The molecule has 0 atom stereocenters. The SMILES string of the molecule is O=C(NNC(=O)c1cc(-c2ccccc2)nn1-c1ccccc1)c1ccc(=O)[nH]n1. The number of carbonyl (C=O) groups excluding carboxylic acids is 2. The van der Waals surface area contributed by atoms with E-state index in [0.29, 0.717) is 11.4 Å². The summed E-state index contributed by atoms with van der Waals surface area (Å²) < 4.78 is 1.50. The number of benzene rings is 2. The van der Waals surface area contributed by atoms with E-state index in [1.807, 2.05) is 60.7 Å². The fourth-order valence-corrected chi connectivity index (χ4v) is 2.77. The van der Waals surface area contributed by atoms with E-state index in [1.165, 1.54) is 16.8 Å². The summed E-state index contributed by atoms with van der Waals surface area (Å²) in [6.07, 6.45) is 0. The Morgan fingerprint density at radius 3 is 2.17 bits per heavy atom. The first-order valence-electron chi connectivity index (χ1n) is 8.99. The van der Waals surface area contributed by atoms with Crippen LogP contribution in [0.25, 0.3) is 16.9 Å². The summed E-state index contributed by atoms with van der Waals surface area (Å²) in [6, 6.07) is 22.7. The fourth-order valence-electron chi connectivity index (χ4n) is 2.77. The minimum atomic E-state index is -0.673. The van der Waals surface area contributed by atoms with E-state index in [4.69, 9.17) is 0 Å². The van der Waals surface area contributed by atoms with Crippen molar-refractivity contribution in [1.29, 1.82) is 0 Å². The van der Waals surface area contributed by atoms with Crippen molar-refractivity contribution in [2.45, 2.75) is 0 Å². The maximum atomic E-state index is 12.8. The molecule has 30 heavy (non-hydrogen) atoms. The summed E-state index contributed by atoms with van der Waals surface area (Å²) in [5, 5.41) is 10.3. The van der Waals surface area contributed by atoms with Crippen LogP contribution in [0.15, 0.2) is 83.7 Å². The predicted molar refractivity (Wildman–Crippen MR) is 109 cm³/mol. The summed E-state index contributed by atoms with van der Waals surface area (Å²) in [6.45, 7) is 0. The largest absolute Gasteiger partial charge is 0.290 e. The van der Waals surface area contributed by atoms with Gasteiger partial charge in [-0.2, -0.15) is 10.2 Å². The first-order valence-corrected chi connectivity index (χ1v) is 8.99. The fraction of sp³-hybridized carbons (Fsp3) is 0. The summed E-state index contributed by atoms with van der Waals surface area (Å²) >= 11 is 0. The van der Waals surface area contributed by atoms with Crippen LogP contribution in [0, 0.1) is 0 Å². The summed E-state index contributed by atoms with van der Waals surface area (Å²) in [7, 11) is 0. The van der Waals surface area contributed by atoms with Gasteiger partial charge in [0.2, 0.25) is 0 Å². The number of para-hydroxylation sites is 1. The second-order valence-electron chi connectivity index (χ2n) is 6.24. The zero-order valence-corrected chi connectivity index (χ0v) is 15.6. The molecule has 9 heteroatoms. The van der Waals surface area contributed by atoms with Crippen LogP contribution >= 0.6 is 0 Å². The number of rotatable bonds is 4. The molecule has 0 spiro atoms. The van der Waals surface area contributed by atoms with Gasteiger partial charge in [-0.05, 0) is 24.3 Å². The normalized spacial score (nSPS) is 10.4. The van der Waals surface area contributed by atoms with Gasteiger partial charge in [-0.15, -0.1) is 0 Å². The maximum Gasteiger partial charge on any atom is 0.290 e. The van der Waals surface area contributed by atoms with E-state index in [1.54, 1.807) is 6.07 Å². The van der Waals surface area contributed by atoms with Crippen LogP contribution in [0.1, 0.15) is 21.0 Å². The summed E-state index contributed by atoms with van der Waals surface area (Å²) in [5.41, 5.74) is 6.54. The molecule has 2 amide bonds. The van der Waals surface area contributed by atoms with Crippen molar-refractivity contribution in [2.24, 2.45) is 0 Å². The Morgan fingerprint density at radius 2 is 1.50 bits per heavy atom. The van der Waals surface area contributed by atoms with E-state index in [2.05, 4.69) is 26.1 Å². The Morgan fingerprint density at radius 1 is 0.833 bits per heavy atom. The molecular weight excluding hydrogens is 384 g/mol. The van der Waals surface area contributed by atoms with Gasteiger partial charge < -0.3 is 0 Å². The smallest absolute Gasteiger partial charge is 0.268 e. The van der Waals surface area contributed by atoms with Crippen LogP contribution < -0.4 is 16.4 Å². The summed E-state index contributed by atoms with van der Waals surface area (Å²) in [5.74, 6) is -1.24. The van der Waals surface area contributed by atoms with E-state index in [-0.39, 0.29) is 11.4 Å². The van der Waals surface area contributed by atoms with Crippen LogP contribution in [0.2, 0.25) is 0 Å². The average molecular weight is 400 g/mol. The van der Waals surface area contributed by atoms with Gasteiger partial charge in [0.05, 0.1) is 11.4 Å². The topological polar surface area (TPSA) is 122 Å². The number of hydrazine groups is 1. The molecule has 148 valence electrons. The summed E-state index contributed by atoms with van der Waals surface area (Å²) in [4.78, 5) is 36.0. The number of carbonyl (C=O) groups is 2. The van der Waals surface area contributed by atoms with Gasteiger partial charge in [0.1, 0.15) is 5.69 Å². The molecular formula is C21H16N6O3. The van der Waals surface area contributed by atoms with Crippen LogP contribution in [-0.2, 0) is 0 Å². The van der Waals surface area contributed by atoms with E-state index in [0.717, 1.165) is 5.56 Å². The van der Waals surface area contributed by atoms with Crippen molar-refractivity contribution in [3.63, 3.8) is 0 Å². The van der Waals surface area contributed by atoms with Crippen LogP contribution in [-0.4, -0.2) is 31.8 Å². The minimum Gasteiger partial charge on any atom is -0.268 e. The number of amides is 2. The van der Waals surface area contributed by atoms with E-state index < -0.39 is 17.4 Å². The Bertz CT molecular complexity index is 1230. The van der Waals surface area contributed by atoms with Crippen molar-refractivity contribution in [3.05, 3.63) is 101 Å². The molecule has 2 aromatic carbocycles. The molecule has 0 aliphatic heterocycles. The monoisotopic (exact) mass is 400 g/mol. The lowest BCUT2D eigenvalue weighted by molar-refractivity contribution is 0.0839. The molecule has 0 aliphatic carbocycles. The Balaban J connectivity index is 1.61. The predicted octanol–water partition coefficient (Wildman–Crippen LogP) is 1.70. The highest BCUT2D eigenvalue weighted by atomic mass is 16.2. The lowest BCUT2D eigenvalue weighted by atomic mass is 10.1. The molecule has 0 saturated heterocycles. The Kier molecular flexibility index (Phi) is 5.16. The maximum absolute atomic E-state index is 12.8. The molecule has 2 aromatic heterocycles. The number of hydrogen-bond donors (Lipinski definition) is 3. The van der Waals surface area contributed by atoms with Crippen LogP contribution in [0.4, 0.5) is 0 Å². The second-order valence-corrected chi connectivity index (χ2v) is 6.24. The molecule has 0 radical (unpaired) electrons. The molecule has 4 aromatic rings. The quantitative estimate of drug-likeness (QED) is 0.450. The highest BCUT2D eigenvalue weighted by Crippen LogP contribution is 2.21. The zero-order valence-electron chi connectivity index (χ0n) is 15.6. The third-order valence-electron chi connectivity index (χ3n) is 4.21.